The van der Waals surface area contributed by atoms with Crippen molar-refractivity contribution < 1.29 is 27.8 Å². The molecule has 0 saturated carbocycles. The largest absolute Gasteiger partial charge is 0.495 e. The van der Waals surface area contributed by atoms with Crippen LogP contribution in [0.2, 0.25) is 0 Å². The minimum absolute atomic E-state index is 0.0720. The molecule has 2 aromatic carbocycles. The number of nitrogens with one attached hydrogen (secondary N) is 1. The number of piperidine rings is 1. The van der Waals surface area contributed by atoms with Gasteiger partial charge in [0.15, 0.2) is 0 Å². The highest BCUT2D eigenvalue weighted by Crippen LogP contribution is 2.35. The van der Waals surface area contributed by atoms with Gasteiger partial charge in [-0.15, -0.1) is 11.3 Å². The maximum atomic E-state index is 14.0. The molecule has 4 rings (SSSR count). The lowest BCUT2D eigenvalue weighted by Gasteiger charge is -2.34. The molecule has 1 aromatic heterocycles. The second kappa shape index (κ2) is 9.52. The number of carboxylic acids is 1. The topological polar surface area (TPSA) is 74.7 Å². The summed E-state index contributed by atoms with van der Waals surface area (Å²) in [5.74, 6) is -4.73. The average Bonchev–Trinajstić information content (AvgIpc) is 3.26. The minimum atomic E-state index is -2.66. The molecule has 0 spiro atoms. The number of carbonyl (C=O) groups is 1. The molecule has 1 aliphatic rings. The van der Waals surface area contributed by atoms with Crippen molar-refractivity contribution in [1.82, 2.24) is 4.98 Å². The van der Waals surface area contributed by atoms with E-state index in [0.717, 1.165) is 40.3 Å². The molecule has 1 aliphatic heterocycles. The number of hydrogen-bond donors (Lipinski definition) is 2. The zero-order valence-electron chi connectivity index (χ0n) is 17.5. The lowest BCUT2D eigenvalue weighted by molar-refractivity contribution is -0.0116. The van der Waals surface area contributed by atoms with Crippen LogP contribution in [0.25, 0.3) is 10.6 Å². The van der Waals surface area contributed by atoms with Gasteiger partial charge >= 0.3 is 5.97 Å². The van der Waals surface area contributed by atoms with Gasteiger partial charge in [-0.1, -0.05) is 0 Å². The Hall–Kier alpha value is -2.92. The highest BCUT2D eigenvalue weighted by atomic mass is 32.2. The number of aromatic carboxylic acids is 1. The van der Waals surface area contributed by atoms with Crippen LogP contribution in [-0.4, -0.2) is 42.2 Å². The zero-order chi connectivity index (χ0) is 23.6. The lowest BCUT2D eigenvalue weighted by atomic mass is 10.1. The molecule has 11 heteroatoms. The van der Waals surface area contributed by atoms with Gasteiger partial charge in [0, 0.05) is 47.6 Å². The van der Waals surface area contributed by atoms with Gasteiger partial charge in [-0.25, -0.2) is 22.9 Å². The molecule has 1 saturated heterocycles. The van der Waals surface area contributed by atoms with Crippen molar-refractivity contribution in [3.05, 3.63) is 53.2 Å². The number of anilines is 2. The third kappa shape index (κ3) is 5.36. The molecular weight excluding hydrogens is 475 g/mol. The van der Waals surface area contributed by atoms with Crippen molar-refractivity contribution in [1.29, 1.82) is 0 Å². The van der Waals surface area contributed by atoms with Crippen LogP contribution in [0.1, 0.15) is 23.2 Å². The number of aromatic nitrogens is 1. The molecule has 33 heavy (non-hydrogen) atoms. The van der Waals surface area contributed by atoms with Gasteiger partial charge < -0.3 is 19.5 Å². The predicted octanol–water partition coefficient (Wildman–Crippen LogP) is 6.01. The smallest absolute Gasteiger partial charge is 0.338 e. The molecule has 174 valence electrons. The van der Waals surface area contributed by atoms with Crippen molar-refractivity contribution in [2.45, 2.75) is 23.8 Å². The quantitative estimate of drug-likeness (QED) is 0.389. The molecule has 6 nitrogen and oxygen atoms in total. The average molecular weight is 496 g/mol. The Bertz CT molecular complexity index is 1160. The first-order chi connectivity index (χ1) is 15.8. The van der Waals surface area contributed by atoms with E-state index in [0.29, 0.717) is 18.0 Å². The lowest BCUT2D eigenvalue weighted by Crippen LogP contribution is -2.42. The van der Waals surface area contributed by atoms with E-state index in [2.05, 4.69) is 9.71 Å². The number of benzene rings is 2. The first kappa shape index (κ1) is 23.2. The second-order valence-electron chi connectivity index (χ2n) is 7.46. The van der Waals surface area contributed by atoms with Crippen molar-refractivity contribution in [2.75, 3.05) is 29.8 Å². The van der Waals surface area contributed by atoms with Crippen LogP contribution >= 0.6 is 23.3 Å². The number of carboxylic acid groups (broad SMARTS) is 1. The number of thiazole rings is 1. The van der Waals surface area contributed by atoms with Crippen LogP contribution in [0.15, 0.2) is 46.8 Å². The number of nitrogens with zero attached hydrogens (tertiary/aromatic N) is 2. The Kier molecular flexibility index (Phi) is 6.71. The first-order valence-electron chi connectivity index (χ1n) is 9.98. The van der Waals surface area contributed by atoms with Crippen LogP contribution in [0, 0.1) is 5.82 Å². The van der Waals surface area contributed by atoms with Crippen LogP contribution in [0.5, 0.6) is 5.75 Å². The Balaban J connectivity index is 1.43. The molecule has 0 unspecified atom stereocenters. The standard InChI is InChI=1S/C22H20F3N3O3S2/c1-31-18-9-15(21(29)30)16(23)10-17(18)27-33-19-11-32-20(26-19)13-3-5-14(6-4-13)28-8-2-7-22(24,25)12-28/h3-6,9-11,27H,2,7-8,12H2,1H3,(H,29,30). The summed E-state index contributed by atoms with van der Waals surface area (Å²) in [6, 6.07) is 9.53. The number of halogens is 3. The zero-order valence-corrected chi connectivity index (χ0v) is 19.1. The summed E-state index contributed by atoms with van der Waals surface area (Å²) < 4.78 is 49.5. The molecule has 3 aromatic rings. The van der Waals surface area contributed by atoms with Crippen LogP contribution in [0.3, 0.4) is 0 Å². The number of hydrogen-bond acceptors (Lipinski definition) is 7. The fraction of sp³-hybridized carbons (Fsp3) is 0.273. The summed E-state index contributed by atoms with van der Waals surface area (Å²) in [4.78, 5) is 17.3. The molecule has 1 fully saturated rings. The summed E-state index contributed by atoms with van der Waals surface area (Å²) in [7, 11) is 1.37. The number of methoxy groups -OCH3 is 1. The van der Waals surface area contributed by atoms with Crippen LogP contribution in [0.4, 0.5) is 24.5 Å². The number of ether oxygens (including phenoxy) is 1. The van der Waals surface area contributed by atoms with Gasteiger partial charge in [-0.2, -0.15) is 0 Å². The summed E-state index contributed by atoms with van der Waals surface area (Å²) in [5, 5.41) is 12.2. The van der Waals surface area contributed by atoms with E-state index >= 15 is 0 Å². The van der Waals surface area contributed by atoms with Crippen molar-refractivity contribution in [3.63, 3.8) is 0 Å². The highest BCUT2D eigenvalue weighted by Gasteiger charge is 2.35. The SMILES string of the molecule is COc1cc(C(=O)O)c(F)cc1NSc1csc(-c2ccc(N3CCCC(F)(F)C3)cc2)n1. The summed E-state index contributed by atoms with van der Waals surface area (Å²) in [6.45, 7) is 0.337. The Morgan fingerprint density at radius 1 is 1.30 bits per heavy atom. The van der Waals surface area contributed by atoms with E-state index in [9.17, 15) is 18.0 Å². The highest BCUT2D eigenvalue weighted by molar-refractivity contribution is 8.00. The molecular formula is C22H20F3N3O3S2. The summed E-state index contributed by atoms with van der Waals surface area (Å²) >= 11 is 2.54. The third-order valence-corrected chi connectivity index (χ3v) is 6.92. The predicted molar refractivity (Wildman–Crippen MR) is 123 cm³/mol. The Labute approximate surface area is 196 Å². The fourth-order valence-electron chi connectivity index (χ4n) is 3.51. The van der Waals surface area contributed by atoms with E-state index in [1.54, 1.807) is 4.90 Å². The van der Waals surface area contributed by atoms with Gasteiger partial charge in [-0.3, -0.25) is 0 Å². The number of alkyl halides is 2. The van der Waals surface area contributed by atoms with Gasteiger partial charge in [0.2, 0.25) is 0 Å². The number of rotatable bonds is 7. The van der Waals surface area contributed by atoms with Crippen molar-refractivity contribution >= 4 is 40.6 Å². The van der Waals surface area contributed by atoms with Gasteiger partial charge in [0.05, 0.1) is 24.9 Å². The van der Waals surface area contributed by atoms with Crippen molar-refractivity contribution in [3.8, 4) is 16.3 Å². The normalized spacial score (nSPS) is 15.3. The summed E-state index contributed by atoms with van der Waals surface area (Å²) in [6.07, 6.45) is 0.389. The third-order valence-electron chi connectivity index (χ3n) is 5.14. The van der Waals surface area contributed by atoms with E-state index in [-0.39, 0.29) is 24.4 Å². The molecule has 2 N–H and O–H groups in total. The fourth-order valence-corrected chi connectivity index (χ4v) is 5.11. The maximum absolute atomic E-state index is 14.0. The second-order valence-corrected chi connectivity index (χ2v) is 9.15. The van der Waals surface area contributed by atoms with Crippen LogP contribution in [-0.2, 0) is 0 Å². The summed E-state index contributed by atoms with van der Waals surface area (Å²) in [5.41, 5.74) is 1.41. The van der Waals surface area contributed by atoms with E-state index < -0.39 is 23.3 Å². The first-order valence-corrected chi connectivity index (χ1v) is 11.7. The minimum Gasteiger partial charge on any atom is -0.495 e. The molecule has 0 radical (unpaired) electrons. The molecule has 0 atom stereocenters. The van der Waals surface area contributed by atoms with Gasteiger partial charge in [-0.05, 0) is 36.8 Å². The van der Waals surface area contributed by atoms with Gasteiger partial charge in [0.25, 0.3) is 5.92 Å². The van der Waals surface area contributed by atoms with E-state index in [4.69, 9.17) is 9.84 Å². The maximum Gasteiger partial charge on any atom is 0.338 e. The van der Waals surface area contributed by atoms with Gasteiger partial charge in [0.1, 0.15) is 21.6 Å². The van der Waals surface area contributed by atoms with E-state index in [1.165, 1.54) is 18.4 Å². The van der Waals surface area contributed by atoms with Crippen LogP contribution < -0.4 is 14.4 Å². The monoisotopic (exact) mass is 495 g/mol. The molecule has 2 heterocycles. The molecule has 0 amide bonds. The Morgan fingerprint density at radius 2 is 2.06 bits per heavy atom. The Morgan fingerprint density at radius 3 is 2.73 bits per heavy atom. The van der Waals surface area contributed by atoms with E-state index in [1.807, 2.05) is 29.6 Å². The molecule has 0 bridgehead atoms. The van der Waals surface area contributed by atoms with Crippen molar-refractivity contribution in [2.24, 2.45) is 0 Å². The molecule has 0 aliphatic carbocycles.